The first-order valence-electron chi connectivity index (χ1n) is 10.2. The maximum atomic E-state index is 12.9. The molecule has 35 heavy (non-hydrogen) atoms. The molecule has 2 aromatic carbocycles. The number of imide groups is 1. The molecule has 5 rings (SSSR count). The molecule has 14 heteroatoms. The zero-order valence-electron chi connectivity index (χ0n) is 17.9. The number of hydrogen-bond donors (Lipinski definition) is 1. The summed E-state index contributed by atoms with van der Waals surface area (Å²) in [6.45, 7) is 1.96. The predicted molar refractivity (Wildman–Crippen MR) is 132 cm³/mol. The van der Waals surface area contributed by atoms with Gasteiger partial charge in [0.05, 0.1) is 37.7 Å². The van der Waals surface area contributed by atoms with Crippen molar-refractivity contribution in [2.45, 2.75) is 17.7 Å². The van der Waals surface area contributed by atoms with Gasteiger partial charge in [0.15, 0.2) is 4.34 Å². The number of nitro benzene ring substituents is 1. The van der Waals surface area contributed by atoms with E-state index in [2.05, 4.69) is 20.5 Å². The number of aryl methyl sites for hydroxylation is 1. The molecule has 0 aliphatic carbocycles. The molecule has 0 atom stereocenters. The van der Waals surface area contributed by atoms with Gasteiger partial charge in [0, 0.05) is 12.1 Å². The van der Waals surface area contributed by atoms with Crippen LogP contribution in [-0.2, 0) is 11.2 Å². The highest BCUT2D eigenvalue weighted by Gasteiger charge is 2.38. The Morgan fingerprint density at radius 2 is 1.91 bits per heavy atom. The molecule has 0 saturated carbocycles. The Balaban J connectivity index is 1.31. The molecule has 1 aliphatic rings. The Kier molecular flexibility index (Phi) is 6.00. The van der Waals surface area contributed by atoms with E-state index in [1.165, 1.54) is 46.6 Å². The van der Waals surface area contributed by atoms with Gasteiger partial charge in [-0.3, -0.25) is 29.8 Å². The van der Waals surface area contributed by atoms with E-state index in [1.54, 1.807) is 18.2 Å². The summed E-state index contributed by atoms with van der Waals surface area (Å²) in [4.78, 5) is 53.9. The van der Waals surface area contributed by atoms with Crippen LogP contribution in [0.2, 0.25) is 0 Å². The molecule has 0 bridgehead atoms. The quantitative estimate of drug-likeness (QED) is 0.162. The number of nitro groups is 1. The summed E-state index contributed by atoms with van der Waals surface area (Å²) in [7, 11) is 0. The number of thioether (sulfide) groups is 1. The summed E-state index contributed by atoms with van der Waals surface area (Å²) in [5.41, 5.74) is 0.858. The molecule has 0 fully saturated rings. The van der Waals surface area contributed by atoms with Crippen LogP contribution >= 0.6 is 34.4 Å². The lowest BCUT2D eigenvalue weighted by Gasteiger charge is -2.13. The van der Waals surface area contributed by atoms with Gasteiger partial charge in [-0.1, -0.05) is 30.0 Å². The number of nitrogens with one attached hydrogen (secondary N) is 1. The monoisotopic (exact) mass is 526 g/mol. The SMILES string of the molecule is CCc1nnc(NC(=O)CSc2nc3ccc(N4C(=O)c5ccc([N+](=O)[O-])cc5C4=O)cc3s2)s1. The highest BCUT2D eigenvalue weighted by atomic mass is 32.2. The first-order chi connectivity index (χ1) is 16.8. The molecule has 3 heterocycles. The molecule has 4 aromatic rings. The molecule has 3 amide bonds. The zero-order valence-corrected chi connectivity index (χ0v) is 20.3. The number of non-ortho nitro benzene ring substituents is 1. The average Bonchev–Trinajstić information content (AvgIpc) is 3.53. The van der Waals surface area contributed by atoms with E-state index in [0.717, 1.165) is 27.1 Å². The van der Waals surface area contributed by atoms with Crippen molar-refractivity contribution >= 4 is 78.9 Å². The standard InChI is InChI=1S/C21H14N6O5S3/c1-2-17-24-25-20(35-17)23-16(28)9-33-21-22-14-6-4-10(8-15(14)34-21)26-18(29)12-5-3-11(27(31)32)7-13(12)19(26)30/h3-8H,2,9H2,1H3,(H,23,25,28). The molecule has 176 valence electrons. The maximum Gasteiger partial charge on any atom is 0.270 e. The predicted octanol–water partition coefficient (Wildman–Crippen LogP) is 4.15. The number of carbonyl (C=O) groups is 3. The largest absolute Gasteiger partial charge is 0.300 e. The molecular weight excluding hydrogens is 512 g/mol. The van der Waals surface area contributed by atoms with E-state index in [-0.39, 0.29) is 28.5 Å². The molecule has 0 spiro atoms. The smallest absolute Gasteiger partial charge is 0.270 e. The van der Waals surface area contributed by atoms with Gasteiger partial charge in [-0.2, -0.15) is 0 Å². The first kappa shape index (κ1) is 23.0. The van der Waals surface area contributed by atoms with Crippen LogP contribution in [-0.4, -0.2) is 43.6 Å². The van der Waals surface area contributed by atoms with Crippen LogP contribution in [0.3, 0.4) is 0 Å². The average molecular weight is 527 g/mol. The van der Waals surface area contributed by atoms with Gasteiger partial charge in [-0.15, -0.1) is 21.5 Å². The fraction of sp³-hybridized carbons (Fsp3) is 0.143. The lowest BCUT2D eigenvalue weighted by Crippen LogP contribution is -2.29. The molecule has 2 aromatic heterocycles. The van der Waals surface area contributed by atoms with E-state index in [0.29, 0.717) is 20.7 Å². The topological polar surface area (TPSA) is 148 Å². The number of thiazole rings is 1. The summed E-state index contributed by atoms with van der Waals surface area (Å²) in [5, 5.41) is 22.9. The van der Waals surface area contributed by atoms with Crippen molar-refractivity contribution in [3.05, 3.63) is 62.6 Å². The van der Waals surface area contributed by atoms with Crippen LogP contribution in [0.5, 0.6) is 0 Å². The van der Waals surface area contributed by atoms with Gasteiger partial charge in [-0.05, 0) is 30.7 Å². The van der Waals surface area contributed by atoms with Crippen LogP contribution in [0.25, 0.3) is 10.2 Å². The van der Waals surface area contributed by atoms with Crippen molar-refractivity contribution in [3.8, 4) is 0 Å². The minimum Gasteiger partial charge on any atom is -0.300 e. The number of rotatable bonds is 7. The van der Waals surface area contributed by atoms with Crippen LogP contribution in [0.15, 0.2) is 40.7 Å². The van der Waals surface area contributed by atoms with Crippen LogP contribution in [0, 0.1) is 10.1 Å². The second-order valence-corrected chi connectivity index (χ2v) is 10.6. The van der Waals surface area contributed by atoms with E-state index in [1.807, 2.05) is 6.92 Å². The van der Waals surface area contributed by atoms with Crippen molar-refractivity contribution < 1.29 is 19.3 Å². The number of anilines is 2. The molecule has 11 nitrogen and oxygen atoms in total. The van der Waals surface area contributed by atoms with E-state index in [4.69, 9.17) is 0 Å². The van der Waals surface area contributed by atoms with E-state index >= 15 is 0 Å². The van der Waals surface area contributed by atoms with Gasteiger partial charge >= 0.3 is 0 Å². The molecule has 1 aliphatic heterocycles. The summed E-state index contributed by atoms with van der Waals surface area (Å²) in [5.74, 6) is -1.26. The number of fused-ring (bicyclic) bond motifs is 2. The van der Waals surface area contributed by atoms with Gasteiger partial charge < -0.3 is 0 Å². The molecule has 1 N–H and O–H groups in total. The number of carbonyl (C=O) groups excluding carboxylic acids is 3. The first-order valence-corrected chi connectivity index (χ1v) is 12.8. The highest BCUT2D eigenvalue weighted by Crippen LogP contribution is 2.35. The molecule has 0 saturated heterocycles. The number of aromatic nitrogens is 3. The number of amides is 3. The van der Waals surface area contributed by atoms with Gasteiger partial charge in [-0.25, -0.2) is 9.88 Å². The second kappa shape index (κ2) is 9.13. The fourth-order valence-electron chi connectivity index (χ4n) is 3.40. The van der Waals surface area contributed by atoms with Crippen molar-refractivity contribution in [1.29, 1.82) is 0 Å². The van der Waals surface area contributed by atoms with E-state index < -0.39 is 16.7 Å². The Hall–Kier alpha value is -3.75. The fourth-order valence-corrected chi connectivity index (χ4v) is 6.00. The third-order valence-corrected chi connectivity index (χ3v) is 8.18. The number of benzene rings is 2. The number of nitrogens with zero attached hydrogens (tertiary/aromatic N) is 5. The van der Waals surface area contributed by atoms with Gasteiger partial charge in [0.25, 0.3) is 17.5 Å². The second-order valence-electron chi connectivity index (χ2n) is 7.26. The Labute approximate surface area is 209 Å². The van der Waals surface area contributed by atoms with Crippen molar-refractivity contribution in [2.24, 2.45) is 0 Å². The zero-order chi connectivity index (χ0) is 24.7. The van der Waals surface area contributed by atoms with Crippen LogP contribution < -0.4 is 10.2 Å². The summed E-state index contributed by atoms with van der Waals surface area (Å²) in [6, 6.07) is 8.56. The van der Waals surface area contributed by atoms with Crippen molar-refractivity contribution in [2.75, 3.05) is 16.0 Å². The van der Waals surface area contributed by atoms with Crippen LogP contribution in [0.4, 0.5) is 16.5 Å². The molecular formula is C21H14N6O5S3. The van der Waals surface area contributed by atoms with Crippen molar-refractivity contribution in [1.82, 2.24) is 15.2 Å². The van der Waals surface area contributed by atoms with Crippen LogP contribution in [0.1, 0.15) is 32.6 Å². The summed E-state index contributed by atoms with van der Waals surface area (Å²) < 4.78 is 1.38. The third-order valence-electron chi connectivity index (χ3n) is 5.03. The summed E-state index contributed by atoms with van der Waals surface area (Å²) in [6.07, 6.45) is 0.747. The van der Waals surface area contributed by atoms with Gasteiger partial charge in [0.1, 0.15) is 5.01 Å². The maximum absolute atomic E-state index is 12.9. The van der Waals surface area contributed by atoms with Gasteiger partial charge in [0.2, 0.25) is 11.0 Å². The van der Waals surface area contributed by atoms with E-state index in [9.17, 15) is 24.5 Å². The Morgan fingerprint density at radius 3 is 2.66 bits per heavy atom. The minimum absolute atomic E-state index is 0.00246. The van der Waals surface area contributed by atoms with Crippen molar-refractivity contribution in [3.63, 3.8) is 0 Å². The lowest BCUT2D eigenvalue weighted by atomic mass is 10.1. The Bertz CT molecular complexity index is 1530. The lowest BCUT2D eigenvalue weighted by molar-refractivity contribution is -0.384. The highest BCUT2D eigenvalue weighted by molar-refractivity contribution is 8.01. The third kappa shape index (κ3) is 4.38. The molecule has 0 unspecified atom stereocenters. The number of hydrogen-bond acceptors (Lipinski definition) is 11. The summed E-state index contributed by atoms with van der Waals surface area (Å²) >= 11 is 3.92. The normalized spacial score (nSPS) is 12.9. The molecule has 0 radical (unpaired) electrons. The minimum atomic E-state index is -0.619. The Morgan fingerprint density at radius 1 is 1.11 bits per heavy atom.